The minimum absolute atomic E-state index is 0.0138. The van der Waals surface area contributed by atoms with E-state index >= 15 is 0 Å². The summed E-state index contributed by atoms with van der Waals surface area (Å²) in [5.41, 5.74) is 5.05. The summed E-state index contributed by atoms with van der Waals surface area (Å²) >= 11 is 0. The van der Waals surface area contributed by atoms with Crippen molar-refractivity contribution in [2.45, 2.75) is 51.7 Å². The molecule has 0 bridgehead atoms. The molecule has 0 aliphatic heterocycles. The van der Waals surface area contributed by atoms with Crippen LogP contribution < -0.4 is 5.73 Å². The van der Waals surface area contributed by atoms with Crippen LogP contribution in [0.4, 0.5) is 0 Å². The second-order valence-corrected chi connectivity index (χ2v) is 6.25. The van der Waals surface area contributed by atoms with Gasteiger partial charge in [0.05, 0.1) is 13.2 Å². The Kier molecular flexibility index (Phi) is 5.75. The summed E-state index contributed by atoms with van der Waals surface area (Å²) in [6, 6.07) is 0. The number of nitrogens with two attached hydrogens (primary N) is 1. The monoisotopic (exact) mass is 300 g/mol. The van der Waals surface area contributed by atoms with E-state index in [2.05, 4.69) is 4.74 Å². The van der Waals surface area contributed by atoms with E-state index in [-0.39, 0.29) is 18.0 Å². The zero-order valence-corrected chi connectivity index (χ0v) is 13.8. The van der Waals surface area contributed by atoms with E-state index in [0.29, 0.717) is 32.4 Å². The molecule has 1 aliphatic rings. The molecule has 2 N–H and O–H groups in total. The molecule has 0 aromatic heterocycles. The van der Waals surface area contributed by atoms with Crippen molar-refractivity contribution in [1.29, 1.82) is 0 Å². The average Bonchev–Trinajstić information content (AvgIpc) is 2.45. The summed E-state index contributed by atoms with van der Waals surface area (Å²) < 4.78 is 10.2. The molecule has 0 saturated heterocycles. The summed E-state index contributed by atoms with van der Waals surface area (Å²) in [4.78, 5) is 25.3. The van der Waals surface area contributed by atoms with Crippen LogP contribution in [0.3, 0.4) is 0 Å². The van der Waals surface area contributed by atoms with Crippen LogP contribution in [0.1, 0.15) is 40.0 Å². The fourth-order valence-corrected chi connectivity index (χ4v) is 2.80. The molecule has 0 aromatic rings. The molecule has 0 aromatic carbocycles. The van der Waals surface area contributed by atoms with Gasteiger partial charge >= 0.3 is 5.97 Å². The van der Waals surface area contributed by atoms with E-state index in [1.165, 1.54) is 7.11 Å². The van der Waals surface area contributed by atoms with E-state index < -0.39 is 11.0 Å². The topological polar surface area (TPSA) is 81.9 Å². The molecule has 0 radical (unpaired) electrons. The zero-order valence-electron chi connectivity index (χ0n) is 13.8. The maximum absolute atomic E-state index is 12.6. The van der Waals surface area contributed by atoms with Crippen LogP contribution in [0, 0.1) is 5.41 Å². The Hall–Kier alpha value is -1.14. The quantitative estimate of drug-likeness (QED) is 0.707. The number of methoxy groups -OCH3 is 1. The first-order valence-electron chi connectivity index (χ1n) is 7.43. The van der Waals surface area contributed by atoms with Crippen molar-refractivity contribution < 1.29 is 19.1 Å². The number of ether oxygens (including phenoxy) is 2. The number of hydrogen-bond donors (Lipinski definition) is 1. The fourth-order valence-electron chi connectivity index (χ4n) is 2.80. The third-order valence-electron chi connectivity index (χ3n) is 4.66. The molecule has 2 atom stereocenters. The molecule has 1 rings (SSSR count). The lowest BCUT2D eigenvalue weighted by atomic mass is 9.54. The Morgan fingerprint density at radius 3 is 2.48 bits per heavy atom. The van der Waals surface area contributed by atoms with E-state index in [0.717, 1.165) is 0 Å². The van der Waals surface area contributed by atoms with Gasteiger partial charge in [0.15, 0.2) is 0 Å². The van der Waals surface area contributed by atoms with Gasteiger partial charge in [-0.1, -0.05) is 13.8 Å². The van der Waals surface area contributed by atoms with Gasteiger partial charge in [-0.3, -0.25) is 9.59 Å². The van der Waals surface area contributed by atoms with Crippen LogP contribution >= 0.6 is 0 Å². The first-order valence-corrected chi connectivity index (χ1v) is 7.43. The number of rotatable bonds is 7. The molecule has 1 amide bonds. The molecule has 1 saturated carbocycles. The molecule has 6 heteroatoms. The number of carbonyl (C=O) groups is 2. The van der Waals surface area contributed by atoms with Gasteiger partial charge in [0, 0.05) is 38.5 Å². The van der Waals surface area contributed by atoms with Crippen LogP contribution in [-0.2, 0) is 19.1 Å². The van der Waals surface area contributed by atoms with Crippen LogP contribution in [0.25, 0.3) is 0 Å². The minimum atomic E-state index is -0.896. The third kappa shape index (κ3) is 3.37. The second kappa shape index (κ2) is 6.75. The molecule has 0 heterocycles. The first-order chi connectivity index (χ1) is 9.70. The third-order valence-corrected chi connectivity index (χ3v) is 4.66. The number of likely N-dealkylation sites (N-methyl/N-ethyl adjacent to an activating group) is 1. The first kappa shape index (κ1) is 17.9. The Morgan fingerprint density at radius 2 is 2.00 bits per heavy atom. The standard InChI is InChI=1S/C15H28N2O4/c1-6-21-11-10-15(16,14(11,2)3)13(19)17(4)9-7-8-12(18)20-5/h11H,6-10,16H2,1-5H3. The van der Waals surface area contributed by atoms with Gasteiger partial charge in [-0.2, -0.15) is 0 Å². The molecular formula is C15H28N2O4. The predicted octanol–water partition coefficient (Wildman–Crippen LogP) is 0.931. The van der Waals surface area contributed by atoms with Gasteiger partial charge in [-0.15, -0.1) is 0 Å². The second-order valence-electron chi connectivity index (χ2n) is 6.25. The van der Waals surface area contributed by atoms with E-state index in [1.807, 2.05) is 20.8 Å². The van der Waals surface area contributed by atoms with Crippen LogP contribution in [0.5, 0.6) is 0 Å². The van der Waals surface area contributed by atoms with Crippen molar-refractivity contribution in [3.63, 3.8) is 0 Å². The molecule has 1 fully saturated rings. The van der Waals surface area contributed by atoms with Crippen molar-refractivity contribution in [2.24, 2.45) is 11.1 Å². The number of carbonyl (C=O) groups excluding carboxylic acids is 2. The molecule has 6 nitrogen and oxygen atoms in total. The normalized spacial score (nSPS) is 26.9. The summed E-state index contributed by atoms with van der Waals surface area (Å²) in [7, 11) is 3.08. The van der Waals surface area contributed by atoms with Gasteiger partial charge in [-0.25, -0.2) is 0 Å². The largest absolute Gasteiger partial charge is 0.469 e. The SMILES string of the molecule is CCOC1CC(N)(C(=O)N(C)CCCC(=O)OC)C1(C)C. The van der Waals surface area contributed by atoms with Crippen molar-refractivity contribution in [3.8, 4) is 0 Å². The van der Waals surface area contributed by atoms with Crippen LogP contribution in [0.15, 0.2) is 0 Å². The van der Waals surface area contributed by atoms with Crippen LogP contribution in [-0.4, -0.2) is 55.7 Å². The Morgan fingerprint density at radius 1 is 1.38 bits per heavy atom. The summed E-state index contributed by atoms with van der Waals surface area (Å²) in [5, 5.41) is 0. The van der Waals surface area contributed by atoms with Gasteiger partial charge in [-0.05, 0) is 13.3 Å². The molecule has 21 heavy (non-hydrogen) atoms. The van der Waals surface area contributed by atoms with E-state index in [4.69, 9.17) is 10.5 Å². The number of hydrogen-bond acceptors (Lipinski definition) is 5. The number of amides is 1. The van der Waals surface area contributed by atoms with Crippen molar-refractivity contribution in [3.05, 3.63) is 0 Å². The van der Waals surface area contributed by atoms with Gasteiger partial charge in [0.1, 0.15) is 5.54 Å². The lowest BCUT2D eigenvalue weighted by molar-refractivity contribution is -0.178. The average molecular weight is 300 g/mol. The summed E-state index contributed by atoms with van der Waals surface area (Å²) in [5.74, 6) is -0.355. The summed E-state index contributed by atoms with van der Waals surface area (Å²) in [6.45, 7) is 6.98. The highest BCUT2D eigenvalue weighted by molar-refractivity contribution is 5.88. The number of esters is 1. The molecular weight excluding hydrogens is 272 g/mol. The molecule has 1 aliphatic carbocycles. The Balaban J connectivity index is 2.56. The van der Waals surface area contributed by atoms with Crippen molar-refractivity contribution >= 4 is 11.9 Å². The van der Waals surface area contributed by atoms with Gasteiger partial charge in [0.2, 0.25) is 5.91 Å². The molecule has 122 valence electrons. The number of nitrogens with zero attached hydrogens (tertiary/aromatic N) is 1. The highest BCUT2D eigenvalue weighted by atomic mass is 16.5. The Bertz CT molecular complexity index is 397. The highest BCUT2D eigenvalue weighted by Crippen LogP contribution is 2.50. The highest BCUT2D eigenvalue weighted by Gasteiger charge is 2.63. The minimum Gasteiger partial charge on any atom is -0.469 e. The van der Waals surface area contributed by atoms with Gasteiger partial charge < -0.3 is 20.1 Å². The maximum Gasteiger partial charge on any atom is 0.305 e. The lowest BCUT2D eigenvalue weighted by Crippen LogP contribution is -2.75. The van der Waals surface area contributed by atoms with Crippen LogP contribution in [0.2, 0.25) is 0 Å². The smallest absolute Gasteiger partial charge is 0.305 e. The van der Waals surface area contributed by atoms with E-state index in [1.54, 1.807) is 11.9 Å². The molecule has 0 spiro atoms. The van der Waals surface area contributed by atoms with Gasteiger partial charge in [0.25, 0.3) is 0 Å². The summed E-state index contributed by atoms with van der Waals surface area (Å²) in [6.07, 6.45) is 1.42. The lowest BCUT2D eigenvalue weighted by Gasteiger charge is -2.58. The fraction of sp³-hybridized carbons (Fsp3) is 0.867. The maximum atomic E-state index is 12.6. The Labute approximate surface area is 126 Å². The van der Waals surface area contributed by atoms with Crippen molar-refractivity contribution in [2.75, 3.05) is 27.3 Å². The van der Waals surface area contributed by atoms with Crippen molar-refractivity contribution in [1.82, 2.24) is 4.90 Å². The molecule has 2 unspecified atom stereocenters. The van der Waals surface area contributed by atoms with E-state index in [9.17, 15) is 9.59 Å². The zero-order chi connectivity index (χ0) is 16.3. The predicted molar refractivity (Wildman–Crippen MR) is 79.6 cm³/mol.